The number of hydrogen-bond acceptors (Lipinski definition) is 6. The molecule has 78 heavy (non-hydrogen) atoms. The van der Waals surface area contributed by atoms with Crippen molar-refractivity contribution in [3.63, 3.8) is 0 Å². The summed E-state index contributed by atoms with van der Waals surface area (Å²) in [6, 6.07) is 0. The van der Waals surface area contributed by atoms with Crippen molar-refractivity contribution in [3.05, 3.63) is 9.54 Å². The van der Waals surface area contributed by atoms with E-state index >= 15 is 0 Å². The minimum atomic E-state index is -7.63. The summed E-state index contributed by atoms with van der Waals surface area (Å²) in [5.41, 5.74) is 0. The number of rotatable bonds is 20. The van der Waals surface area contributed by atoms with Crippen molar-refractivity contribution in [2.75, 3.05) is 3.41 Å². The Labute approximate surface area is 432 Å². The molecule has 2 aliphatic rings. The summed E-state index contributed by atoms with van der Waals surface area (Å²) < 4.78 is 491. The van der Waals surface area contributed by atoms with E-state index < -0.39 is 197 Å². The third-order valence-electron chi connectivity index (χ3n) is 10.7. The topological polar surface area (TPSA) is 19.7 Å². The summed E-state index contributed by atoms with van der Waals surface area (Å²) in [4.78, 5) is 0. The Bertz CT molecular complexity index is 2580. The van der Waals surface area contributed by atoms with Crippen LogP contribution < -0.4 is 0 Å². The zero-order chi connectivity index (χ0) is 61.5. The van der Waals surface area contributed by atoms with Crippen molar-refractivity contribution in [1.29, 1.82) is 0 Å². The van der Waals surface area contributed by atoms with Gasteiger partial charge in [0.05, 0.1) is 0 Å². The van der Waals surface area contributed by atoms with Gasteiger partial charge in [-0.2, -0.15) is 0 Å². The number of halogens is 36. The first-order valence-corrected chi connectivity index (χ1v) is 37.0. The zero-order valence-corrected chi connectivity index (χ0v) is 43.7. The molecule has 0 aromatic carbocycles. The number of imidazole rings is 2. The van der Waals surface area contributed by atoms with Gasteiger partial charge < -0.3 is 0 Å². The normalized spacial score (nSPS) is 18.0. The number of aromatic nitrogens is 4. The molecular weight excluding hydrogens is 1510 g/mol. The van der Waals surface area contributed by atoms with E-state index in [0.29, 0.717) is 0 Å². The van der Waals surface area contributed by atoms with Gasteiger partial charge in [-0.25, -0.2) is 0 Å². The van der Waals surface area contributed by atoms with Gasteiger partial charge >= 0.3 is 435 Å². The van der Waals surface area contributed by atoms with Crippen LogP contribution in [0.4, 0.5) is 158 Å². The fourth-order valence-electron chi connectivity index (χ4n) is 6.15. The zero-order valence-electron chi connectivity index (χ0n) is 35.6. The molecule has 0 unspecified atom stereocenters. The van der Waals surface area contributed by atoms with E-state index in [2.05, 4.69) is 0 Å². The van der Waals surface area contributed by atoms with Gasteiger partial charge in [-0.05, 0) is 0 Å². The number of nitrogens with zero attached hydrogens (tertiary/aromatic N) is 4. The van der Waals surface area contributed by atoms with Crippen LogP contribution in [-0.2, 0) is 26.2 Å². The van der Waals surface area contributed by atoms with Crippen LogP contribution in [0.2, 0.25) is 0 Å². The summed E-state index contributed by atoms with van der Waals surface area (Å²) in [5.74, 6) is -86.5. The fourth-order valence-corrected chi connectivity index (χ4v) is 53.5. The van der Waals surface area contributed by atoms with Crippen LogP contribution in [-0.4, -0.2) is 134 Å². The van der Waals surface area contributed by atoms with E-state index in [0.717, 1.165) is 0 Å². The summed E-state index contributed by atoms with van der Waals surface area (Å²) in [6.45, 7) is -8.59. The maximum atomic E-state index is 14.8. The van der Waals surface area contributed by atoms with Crippen molar-refractivity contribution in [2.24, 2.45) is 0 Å². The van der Waals surface area contributed by atoms with Crippen LogP contribution in [0, 0.1) is 9.54 Å². The van der Waals surface area contributed by atoms with E-state index in [4.69, 9.17) is 24.4 Å². The van der Waals surface area contributed by atoms with Gasteiger partial charge in [0.1, 0.15) is 0 Å². The molecule has 47 heteroatoms. The fraction of sp³-hybridized carbons (Fsp3) is 0.806. The molecule has 0 atom stereocenters. The second kappa shape index (κ2) is 20.4. The molecule has 4 heterocycles. The van der Waals surface area contributed by atoms with Gasteiger partial charge in [-0.15, -0.1) is 0 Å². The van der Waals surface area contributed by atoms with Crippen LogP contribution in [0.3, 0.4) is 0 Å². The average Bonchev–Trinajstić information content (AvgIpc) is 3.80. The molecule has 0 bridgehead atoms. The van der Waals surface area contributed by atoms with Crippen molar-refractivity contribution in [2.45, 2.75) is 168 Å². The maximum absolute atomic E-state index is 14.8. The second-order valence-electron chi connectivity index (χ2n) is 15.9. The van der Waals surface area contributed by atoms with E-state index in [9.17, 15) is 158 Å². The summed E-state index contributed by atoms with van der Waals surface area (Å²) in [6.07, 6.45) is -41.7. The first kappa shape index (κ1) is 69.1. The van der Waals surface area contributed by atoms with Gasteiger partial charge in [0.15, 0.2) is 0 Å². The molecule has 0 saturated carbocycles. The van der Waals surface area contributed by atoms with Gasteiger partial charge in [-0.3, -0.25) is 0 Å². The molecule has 0 N–H and O–H groups in total. The Morgan fingerprint density at radius 1 is 0.295 bits per heavy atom. The molecular formula is C31H18F36N4PoS6. The van der Waals surface area contributed by atoms with Crippen molar-refractivity contribution in [3.8, 4) is 0 Å². The average molecular weight is 1530 g/mol. The standard InChI is InChI=1S/C16H11F18N2S3.C15H10F18N2S3.Po/c1-39-7-6(37)35(4-2-9(17,18)11(21,22)13(25,26)15(29,30)31)8(38)36(7)5-3-10(19,20)12(23,24)14(27,28)16(32,33)34;16-8(17,10(20,21)12(24,25)14(28,29)30)1-3-34-5(36)6(37)35(7(34)38)4-2-9(18,19)11(22,23)13(26,27)15(31,32)33;/h37H,1-5H2;36-37H,1-4H2;/q;;+3/p-3. The Hall–Kier alpha value is -1.36. The molecule has 2 aliphatic heterocycles. The summed E-state index contributed by atoms with van der Waals surface area (Å²) >= 11 is 4.00. The molecule has 0 aliphatic carbocycles. The predicted molar refractivity (Wildman–Crippen MR) is 203 cm³/mol. The third kappa shape index (κ3) is 11.0. The first-order valence-electron chi connectivity index (χ1n) is 19.1. The number of thioether (sulfide) groups is 1. The Morgan fingerprint density at radius 3 is 0.667 bits per heavy atom. The quantitative estimate of drug-likeness (QED) is 0.0965. The predicted octanol–water partition coefficient (Wildman–Crippen LogP) is 17.4. The van der Waals surface area contributed by atoms with E-state index in [1.54, 1.807) is 0 Å². The number of fused-ring (bicyclic) bond motifs is 2. The van der Waals surface area contributed by atoms with Crippen LogP contribution in [0.25, 0.3) is 0 Å². The first-order chi connectivity index (χ1) is 34.1. The molecule has 456 valence electrons. The summed E-state index contributed by atoms with van der Waals surface area (Å²) in [7, 11) is 0.0717. The van der Waals surface area contributed by atoms with E-state index in [1.165, 1.54) is 0 Å². The molecule has 4 rings (SSSR count). The Balaban J connectivity index is 1.93. The monoisotopic (exact) mass is 1530 g/mol. The SMILES string of the molecule is FC(F)(F)C(F)(F)C(F)(F)C(F)(F)CCn1c2c(n(CCC(F)(F)C(F)(F)C(F)(F)C(F)(F)F)c1=S)[S][Po]1([CH2]S2)[S]c2c(n(CCC(F)(F)C(F)(F)C(F)(F)C(F)(F)F)c(=S)n2CCC(F)(F)C(F)(F)C(F)(F)C(F)(F)F)[S]1. The number of hydrogen-bond donors (Lipinski definition) is 0. The minimum absolute atomic E-state index is 0.0193. The molecule has 1 spiro atoms. The summed E-state index contributed by atoms with van der Waals surface area (Å²) in [5, 5.41) is -4.19. The Kier molecular flexibility index (Phi) is 18.1. The number of alkyl halides is 36. The van der Waals surface area contributed by atoms with Crippen molar-refractivity contribution >= 4 is 77.7 Å². The van der Waals surface area contributed by atoms with Crippen LogP contribution in [0.15, 0.2) is 20.1 Å². The van der Waals surface area contributed by atoms with Crippen LogP contribution in [0.1, 0.15) is 25.7 Å². The van der Waals surface area contributed by atoms with Crippen molar-refractivity contribution < 1.29 is 158 Å². The molecule has 2 aromatic heterocycles. The van der Waals surface area contributed by atoms with Crippen LogP contribution in [0.5, 0.6) is 0 Å². The molecule has 0 radical (unpaired) electrons. The molecule has 4 nitrogen and oxygen atoms in total. The van der Waals surface area contributed by atoms with Gasteiger partial charge in [-0.1, -0.05) is 0 Å². The van der Waals surface area contributed by atoms with Crippen molar-refractivity contribution in [1.82, 2.24) is 18.3 Å². The van der Waals surface area contributed by atoms with E-state index in [1.807, 2.05) is 0 Å². The second-order valence-corrected chi connectivity index (χ2v) is 52.6. The third-order valence-corrected chi connectivity index (χ3v) is 52.9. The van der Waals surface area contributed by atoms with E-state index in [-0.39, 0.29) is 55.4 Å². The van der Waals surface area contributed by atoms with Gasteiger partial charge in [0, 0.05) is 0 Å². The molecule has 2 aromatic rings. The van der Waals surface area contributed by atoms with Gasteiger partial charge in [0.2, 0.25) is 0 Å². The molecule has 0 amide bonds. The molecule has 0 fully saturated rings. The molecule has 0 saturated heterocycles. The van der Waals surface area contributed by atoms with Crippen LogP contribution >= 0.6 is 61.5 Å². The Morgan fingerprint density at radius 2 is 0.474 bits per heavy atom. The van der Waals surface area contributed by atoms with Gasteiger partial charge in [0.25, 0.3) is 0 Å².